The van der Waals surface area contributed by atoms with E-state index in [9.17, 15) is 0 Å². The number of benzene rings is 2. The lowest BCUT2D eigenvalue weighted by Gasteiger charge is -2.20. The lowest BCUT2D eigenvalue weighted by Crippen LogP contribution is -2.06. The number of hydrogen-bond acceptors (Lipinski definition) is 1. The zero-order chi connectivity index (χ0) is 16.7. The van der Waals surface area contributed by atoms with Crippen molar-refractivity contribution in [3.8, 4) is 0 Å². The fraction of sp³-hybridized carbons (Fsp3) is 0.368. The maximum absolute atomic E-state index is 6.37. The molecule has 0 heterocycles. The second kappa shape index (κ2) is 9.37. The molecule has 0 aliphatic rings. The number of aryl methyl sites for hydroxylation is 1. The van der Waals surface area contributed by atoms with E-state index in [0.29, 0.717) is 16.7 Å². The molecule has 0 aliphatic carbocycles. The summed E-state index contributed by atoms with van der Waals surface area (Å²) in [5.74, 6) is 0. The van der Waals surface area contributed by atoms with Gasteiger partial charge >= 0.3 is 0 Å². The molecule has 0 saturated heterocycles. The van der Waals surface area contributed by atoms with Gasteiger partial charge in [0.05, 0.1) is 12.7 Å². The number of ether oxygens (including phenoxy) is 1. The smallest absolute Gasteiger partial charge is 0.105 e. The molecule has 0 aromatic heterocycles. The van der Waals surface area contributed by atoms with Gasteiger partial charge in [0.1, 0.15) is 7.28 Å². The third-order valence-electron chi connectivity index (χ3n) is 3.84. The summed E-state index contributed by atoms with van der Waals surface area (Å²) in [6, 6.07) is 14.1. The van der Waals surface area contributed by atoms with Crippen LogP contribution in [0.2, 0.25) is 23.2 Å². The van der Waals surface area contributed by atoms with E-state index in [4.69, 9.17) is 27.9 Å². The van der Waals surface area contributed by atoms with Crippen LogP contribution in [-0.2, 0) is 11.3 Å². The Balaban J connectivity index is 2.08. The average Bonchev–Trinajstić information content (AvgIpc) is 2.53. The molecule has 2 aromatic rings. The molecule has 0 saturated carbocycles. The van der Waals surface area contributed by atoms with E-state index in [-0.39, 0.29) is 6.10 Å². The van der Waals surface area contributed by atoms with Gasteiger partial charge in [-0.3, -0.25) is 0 Å². The Hall–Kier alpha value is -0.955. The highest BCUT2D eigenvalue weighted by Gasteiger charge is 2.16. The molecule has 23 heavy (non-hydrogen) atoms. The zero-order valence-electron chi connectivity index (χ0n) is 13.7. The summed E-state index contributed by atoms with van der Waals surface area (Å²) in [5, 5.41) is 1.32. The predicted molar refractivity (Wildman–Crippen MR) is 101 cm³/mol. The first kappa shape index (κ1) is 18.4. The van der Waals surface area contributed by atoms with Crippen LogP contribution in [0.25, 0.3) is 0 Å². The third kappa shape index (κ3) is 5.88. The Morgan fingerprint density at radius 2 is 1.83 bits per heavy atom. The molecule has 1 unspecified atom stereocenters. The van der Waals surface area contributed by atoms with Gasteiger partial charge in [0.15, 0.2) is 0 Å². The standard InChI is InChI=1S/C19H22BCl2O/c1-14-5-7-15(8-6-14)13-23-19(4-3-11-20-2)17-10-9-16(21)12-18(17)22/h5-10,12,19H,3-4,11,13H2,1-2H3. The van der Waals surface area contributed by atoms with Gasteiger partial charge in [0.2, 0.25) is 0 Å². The summed E-state index contributed by atoms with van der Waals surface area (Å²) >= 11 is 12.4. The summed E-state index contributed by atoms with van der Waals surface area (Å²) < 4.78 is 6.18. The molecule has 121 valence electrons. The Kier molecular flexibility index (Phi) is 7.49. The highest BCUT2D eigenvalue weighted by atomic mass is 35.5. The van der Waals surface area contributed by atoms with E-state index in [2.05, 4.69) is 45.3 Å². The summed E-state index contributed by atoms with van der Waals surface area (Å²) in [4.78, 5) is 0. The van der Waals surface area contributed by atoms with Crippen LogP contribution in [0.3, 0.4) is 0 Å². The molecule has 1 radical (unpaired) electrons. The van der Waals surface area contributed by atoms with E-state index < -0.39 is 0 Å². The van der Waals surface area contributed by atoms with Gasteiger partial charge in [-0.05, 0) is 36.6 Å². The fourth-order valence-electron chi connectivity index (χ4n) is 2.48. The molecule has 2 aromatic carbocycles. The van der Waals surface area contributed by atoms with Crippen molar-refractivity contribution in [3.63, 3.8) is 0 Å². The van der Waals surface area contributed by atoms with Crippen LogP contribution in [0, 0.1) is 6.92 Å². The van der Waals surface area contributed by atoms with Gasteiger partial charge in [-0.15, -0.1) is 0 Å². The van der Waals surface area contributed by atoms with E-state index in [1.807, 2.05) is 12.1 Å². The Morgan fingerprint density at radius 3 is 2.48 bits per heavy atom. The van der Waals surface area contributed by atoms with Crippen molar-refractivity contribution >= 4 is 30.5 Å². The van der Waals surface area contributed by atoms with E-state index >= 15 is 0 Å². The molecule has 2 rings (SSSR count). The number of halogens is 2. The van der Waals surface area contributed by atoms with E-state index in [1.54, 1.807) is 6.07 Å². The normalized spacial score (nSPS) is 12.2. The van der Waals surface area contributed by atoms with Crippen molar-refractivity contribution in [1.29, 1.82) is 0 Å². The van der Waals surface area contributed by atoms with Gasteiger partial charge < -0.3 is 4.74 Å². The molecular formula is C19H22BCl2O. The molecule has 0 amide bonds. The molecule has 1 nitrogen and oxygen atoms in total. The highest BCUT2D eigenvalue weighted by Crippen LogP contribution is 2.32. The van der Waals surface area contributed by atoms with Crippen molar-refractivity contribution in [2.24, 2.45) is 0 Å². The molecule has 0 N–H and O–H groups in total. The Bertz CT molecular complexity index is 613. The van der Waals surface area contributed by atoms with E-state index in [0.717, 1.165) is 24.7 Å². The van der Waals surface area contributed by atoms with Crippen LogP contribution in [0.4, 0.5) is 0 Å². The van der Waals surface area contributed by atoms with Crippen molar-refractivity contribution < 1.29 is 4.74 Å². The van der Waals surface area contributed by atoms with Crippen LogP contribution < -0.4 is 0 Å². The van der Waals surface area contributed by atoms with Crippen LogP contribution in [-0.4, -0.2) is 7.28 Å². The van der Waals surface area contributed by atoms with Crippen molar-refractivity contribution in [3.05, 3.63) is 69.2 Å². The minimum absolute atomic E-state index is 0.0129. The summed E-state index contributed by atoms with van der Waals surface area (Å²) in [5.41, 5.74) is 3.44. The zero-order valence-corrected chi connectivity index (χ0v) is 15.2. The molecule has 0 fully saturated rings. The summed E-state index contributed by atoms with van der Waals surface area (Å²) in [7, 11) is 2.18. The molecular weight excluding hydrogens is 326 g/mol. The number of hydrogen-bond donors (Lipinski definition) is 0. The van der Waals surface area contributed by atoms with Crippen molar-refractivity contribution in [1.82, 2.24) is 0 Å². The van der Waals surface area contributed by atoms with Gasteiger partial charge in [-0.25, -0.2) is 0 Å². The van der Waals surface area contributed by atoms with Crippen LogP contribution in [0.1, 0.15) is 35.6 Å². The second-order valence-corrected chi connectivity index (χ2v) is 6.63. The maximum atomic E-state index is 6.37. The average molecular weight is 348 g/mol. The maximum Gasteiger partial charge on any atom is 0.105 e. The topological polar surface area (TPSA) is 9.23 Å². The molecule has 0 aliphatic heterocycles. The first-order valence-electron chi connectivity index (χ1n) is 8.00. The van der Waals surface area contributed by atoms with Crippen LogP contribution >= 0.6 is 23.2 Å². The van der Waals surface area contributed by atoms with Gasteiger partial charge in [-0.2, -0.15) is 0 Å². The lowest BCUT2D eigenvalue weighted by molar-refractivity contribution is 0.0335. The first-order valence-corrected chi connectivity index (χ1v) is 8.75. The minimum atomic E-state index is -0.0129. The van der Waals surface area contributed by atoms with Crippen molar-refractivity contribution in [2.45, 2.75) is 45.6 Å². The van der Waals surface area contributed by atoms with Crippen LogP contribution in [0.15, 0.2) is 42.5 Å². The minimum Gasteiger partial charge on any atom is -0.369 e. The molecule has 1 atom stereocenters. The van der Waals surface area contributed by atoms with Gasteiger partial charge in [0, 0.05) is 10.0 Å². The quantitative estimate of drug-likeness (QED) is 0.390. The predicted octanol–water partition coefficient (Wildman–Crippen LogP) is 6.51. The molecule has 4 heteroatoms. The largest absolute Gasteiger partial charge is 0.369 e. The summed E-state index contributed by atoms with van der Waals surface area (Å²) in [6.07, 6.45) is 3.09. The second-order valence-electron chi connectivity index (χ2n) is 5.79. The number of rotatable bonds is 8. The molecule has 0 spiro atoms. The highest BCUT2D eigenvalue weighted by molar-refractivity contribution is 6.35. The van der Waals surface area contributed by atoms with E-state index in [1.165, 1.54) is 11.1 Å². The third-order valence-corrected chi connectivity index (χ3v) is 4.40. The van der Waals surface area contributed by atoms with Gasteiger partial charge in [-0.1, -0.05) is 78.7 Å². The fourth-order valence-corrected chi connectivity index (χ4v) is 3.01. The first-order chi connectivity index (χ1) is 11.1. The molecule has 0 bridgehead atoms. The Morgan fingerprint density at radius 1 is 1.09 bits per heavy atom. The van der Waals surface area contributed by atoms with Crippen LogP contribution in [0.5, 0.6) is 0 Å². The monoisotopic (exact) mass is 347 g/mol. The lowest BCUT2D eigenvalue weighted by atomic mass is 9.76. The summed E-state index contributed by atoms with van der Waals surface area (Å²) in [6.45, 7) is 4.75. The van der Waals surface area contributed by atoms with Gasteiger partial charge in [0.25, 0.3) is 0 Å². The van der Waals surface area contributed by atoms with Crippen molar-refractivity contribution in [2.75, 3.05) is 0 Å². The Labute approximate surface area is 150 Å². The SMILES string of the molecule is C[B]CCCC(OCc1ccc(C)cc1)c1ccc(Cl)cc1Cl.